The highest BCUT2D eigenvalue weighted by Crippen LogP contribution is 2.10. The Labute approximate surface area is 64.1 Å². The molecule has 0 aromatic rings. The summed E-state index contributed by atoms with van der Waals surface area (Å²) in [5, 5.41) is 8.26. The summed E-state index contributed by atoms with van der Waals surface area (Å²) in [5.74, 6) is -2.94. The Morgan fingerprint density at radius 2 is 2.09 bits per heavy atom. The second kappa shape index (κ2) is 5.40. The average Bonchev–Trinajstić information content (AvgIpc) is 1.99. The van der Waals surface area contributed by atoms with E-state index < -0.39 is 19.1 Å². The lowest BCUT2D eigenvalue weighted by molar-refractivity contribution is -0.0708. The van der Waals surface area contributed by atoms with Gasteiger partial charge in [0.15, 0.2) is 0 Å². The molecule has 0 aromatic carbocycles. The molecule has 0 unspecified atom stereocenters. The number of hydrogen-bond acceptors (Lipinski definition) is 3. The van der Waals surface area contributed by atoms with Gasteiger partial charge in [-0.15, -0.1) is 0 Å². The number of hydrogen-bond donors (Lipinski definition) is 2. The van der Waals surface area contributed by atoms with Crippen molar-refractivity contribution < 1.29 is 18.6 Å². The monoisotopic (exact) mass is 169 g/mol. The molecule has 3 N–H and O–H groups in total. The van der Waals surface area contributed by atoms with E-state index in [9.17, 15) is 8.78 Å². The average molecular weight is 169 g/mol. The minimum atomic E-state index is -2.94. The molecule has 0 fully saturated rings. The lowest BCUT2D eigenvalue weighted by Crippen LogP contribution is -2.33. The summed E-state index contributed by atoms with van der Waals surface area (Å²) in [5.41, 5.74) is 4.74. The largest absolute Gasteiger partial charge is 0.396 e. The van der Waals surface area contributed by atoms with Gasteiger partial charge >= 0.3 is 0 Å². The molecule has 0 radical (unpaired) electrons. The Bertz CT molecular complexity index is 101. The second-order valence-electron chi connectivity index (χ2n) is 2.19. The molecule has 0 heterocycles. The fourth-order valence-electron chi connectivity index (χ4n) is 0.447. The standard InChI is InChI=1S/C6H13F2NO2/c7-6(8,4-9)5-11-3-1-2-10/h10H,1-5,9H2. The van der Waals surface area contributed by atoms with Crippen molar-refractivity contribution in [1.82, 2.24) is 0 Å². The lowest BCUT2D eigenvalue weighted by atomic mass is 10.4. The van der Waals surface area contributed by atoms with Crippen molar-refractivity contribution in [2.24, 2.45) is 5.73 Å². The summed E-state index contributed by atoms with van der Waals surface area (Å²) in [7, 11) is 0. The minimum absolute atomic E-state index is 0.0474. The molecule has 0 aliphatic carbocycles. The van der Waals surface area contributed by atoms with Crippen molar-refractivity contribution in [3.05, 3.63) is 0 Å². The van der Waals surface area contributed by atoms with Gasteiger partial charge in [-0.3, -0.25) is 0 Å². The van der Waals surface area contributed by atoms with E-state index in [2.05, 4.69) is 4.74 Å². The van der Waals surface area contributed by atoms with Crippen molar-refractivity contribution in [3.63, 3.8) is 0 Å². The Hall–Kier alpha value is -0.260. The van der Waals surface area contributed by atoms with Crippen molar-refractivity contribution >= 4 is 0 Å². The quantitative estimate of drug-likeness (QED) is 0.549. The lowest BCUT2D eigenvalue weighted by Gasteiger charge is -2.13. The zero-order valence-corrected chi connectivity index (χ0v) is 6.22. The van der Waals surface area contributed by atoms with Gasteiger partial charge in [0, 0.05) is 13.2 Å². The van der Waals surface area contributed by atoms with Crippen LogP contribution in [0.1, 0.15) is 6.42 Å². The first-order chi connectivity index (χ1) is 5.12. The fraction of sp³-hybridized carbons (Fsp3) is 1.00. The molecule has 3 nitrogen and oxygen atoms in total. The number of rotatable bonds is 6. The van der Waals surface area contributed by atoms with Gasteiger partial charge in [-0.2, -0.15) is 0 Å². The van der Waals surface area contributed by atoms with Crippen LogP contribution in [0, 0.1) is 0 Å². The normalized spacial score (nSPS) is 12.0. The Balaban J connectivity index is 3.23. The number of ether oxygens (including phenoxy) is 1. The number of nitrogens with two attached hydrogens (primary N) is 1. The van der Waals surface area contributed by atoms with Crippen molar-refractivity contribution in [1.29, 1.82) is 0 Å². The SMILES string of the molecule is NCC(F)(F)COCCCO. The van der Waals surface area contributed by atoms with E-state index in [1.165, 1.54) is 0 Å². The molecule has 0 aromatic heterocycles. The topological polar surface area (TPSA) is 55.5 Å². The predicted octanol–water partition coefficient (Wildman–Crippen LogP) is -0.0206. The van der Waals surface area contributed by atoms with Gasteiger partial charge in [-0.05, 0) is 6.42 Å². The smallest absolute Gasteiger partial charge is 0.282 e. The van der Waals surface area contributed by atoms with E-state index in [-0.39, 0.29) is 13.2 Å². The van der Waals surface area contributed by atoms with E-state index in [0.717, 1.165) is 0 Å². The molecule has 5 heteroatoms. The number of aliphatic hydroxyl groups is 1. The van der Waals surface area contributed by atoms with Gasteiger partial charge in [-0.25, -0.2) is 8.78 Å². The first-order valence-electron chi connectivity index (χ1n) is 3.39. The van der Waals surface area contributed by atoms with Crippen molar-refractivity contribution in [3.8, 4) is 0 Å². The third kappa shape index (κ3) is 6.15. The van der Waals surface area contributed by atoms with Gasteiger partial charge in [0.05, 0.1) is 6.54 Å². The van der Waals surface area contributed by atoms with Crippen LogP contribution in [0.25, 0.3) is 0 Å². The van der Waals surface area contributed by atoms with Crippen LogP contribution >= 0.6 is 0 Å². The predicted molar refractivity (Wildman–Crippen MR) is 36.5 cm³/mol. The summed E-state index contributed by atoms with van der Waals surface area (Å²) in [6.07, 6.45) is 0.376. The van der Waals surface area contributed by atoms with E-state index in [1.807, 2.05) is 0 Å². The maximum Gasteiger partial charge on any atom is 0.282 e. The molecule has 68 valence electrons. The summed E-state index contributed by atoms with van der Waals surface area (Å²) in [6.45, 7) is -1.27. The summed E-state index contributed by atoms with van der Waals surface area (Å²) < 4.78 is 29.1. The summed E-state index contributed by atoms with van der Waals surface area (Å²) in [4.78, 5) is 0. The van der Waals surface area contributed by atoms with Crippen molar-refractivity contribution in [2.75, 3.05) is 26.4 Å². The molecule has 0 spiro atoms. The maximum atomic E-state index is 12.3. The van der Waals surface area contributed by atoms with E-state index in [0.29, 0.717) is 6.42 Å². The van der Waals surface area contributed by atoms with Crippen LogP contribution in [0.4, 0.5) is 8.78 Å². The minimum Gasteiger partial charge on any atom is -0.396 e. The van der Waals surface area contributed by atoms with Crippen LogP contribution in [0.5, 0.6) is 0 Å². The van der Waals surface area contributed by atoms with Gasteiger partial charge < -0.3 is 15.6 Å². The van der Waals surface area contributed by atoms with Crippen LogP contribution in [0.2, 0.25) is 0 Å². The zero-order chi connectivity index (χ0) is 8.74. The van der Waals surface area contributed by atoms with Crippen LogP contribution in [-0.4, -0.2) is 37.4 Å². The van der Waals surface area contributed by atoms with Gasteiger partial charge in [0.2, 0.25) is 0 Å². The fourth-order valence-corrected chi connectivity index (χ4v) is 0.447. The molecule has 0 aliphatic rings. The first-order valence-corrected chi connectivity index (χ1v) is 3.39. The number of halogens is 2. The number of alkyl halides is 2. The Morgan fingerprint density at radius 3 is 2.55 bits per heavy atom. The molecular formula is C6H13F2NO2. The molecule has 0 saturated heterocycles. The summed E-state index contributed by atoms with van der Waals surface area (Å²) in [6, 6.07) is 0. The third-order valence-corrected chi connectivity index (χ3v) is 1.06. The van der Waals surface area contributed by atoms with Crippen LogP contribution in [0.3, 0.4) is 0 Å². The highest BCUT2D eigenvalue weighted by Gasteiger charge is 2.26. The van der Waals surface area contributed by atoms with Crippen molar-refractivity contribution in [2.45, 2.75) is 12.3 Å². The molecular weight excluding hydrogens is 156 g/mol. The molecule has 11 heavy (non-hydrogen) atoms. The van der Waals surface area contributed by atoms with Gasteiger partial charge in [-0.1, -0.05) is 0 Å². The van der Waals surface area contributed by atoms with E-state index in [1.54, 1.807) is 0 Å². The first kappa shape index (κ1) is 10.7. The number of aliphatic hydroxyl groups excluding tert-OH is 1. The molecule has 0 aliphatic heterocycles. The summed E-state index contributed by atoms with van der Waals surface area (Å²) >= 11 is 0. The maximum absolute atomic E-state index is 12.3. The van der Waals surface area contributed by atoms with Crippen LogP contribution in [-0.2, 0) is 4.74 Å². The zero-order valence-electron chi connectivity index (χ0n) is 6.22. The second-order valence-corrected chi connectivity index (χ2v) is 2.19. The van der Waals surface area contributed by atoms with Gasteiger partial charge in [0.1, 0.15) is 6.61 Å². The van der Waals surface area contributed by atoms with Crippen LogP contribution in [0.15, 0.2) is 0 Å². The highest BCUT2D eigenvalue weighted by molar-refractivity contribution is 4.64. The highest BCUT2D eigenvalue weighted by atomic mass is 19.3. The molecule has 0 amide bonds. The molecule has 0 saturated carbocycles. The molecule has 0 rings (SSSR count). The Kier molecular flexibility index (Phi) is 5.27. The third-order valence-electron chi connectivity index (χ3n) is 1.06. The van der Waals surface area contributed by atoms with E-state index >= 15 is 0 Å². The molecule has 0 bridgehead atoms. The van der Waals surface area contributed by atoms with E-state index in [4.69, 9.17) is 10.8 Å². The van der Waals surface area contributed by atoms with Gasteiger partial charge in [0.25, 0.3) is 5.92 Å². The molecule has 0 atom stereocenters. The Morgan fingerprint density at radius 1 is 1.45 bits per heavy atom. The van der Waals surface area contributed by atoms with Crippen LogP contribution < -0.4 is 5.73 Å².